The smallest absolute Gasteiger partial charge is 0.148 e. The van der Waals surface area contributed by atoms with Gasteiger partial charge in [-0.2, -0.15) is 0 Å². The van der Waals surface area contributed by atoms with Gasteiger partial charge in [-0.3, -0.25) is 4.90 Å². The van der Waals surface area contributed by atoms with E-state index < -0.39 is 0 Å². The van der Waals surface area contributed by atoms with Gasteiger partial charge in [-0.15, -0.1) is 0 Å². The molecule has 1 aromatic rings. The molecule has 0 aliphatic carbocycles. The van der Waals surface area contributed by atoms with Crippen molar-refractivity contribution in [3.05, 3.63) is 16.0 Å². The first kappa shape index (κ1) is 12.6. The Labute approximate surface area is 120 Å². The van der Waals surface area contributed by atoms with E-state index in [4.69, 9.17) is 11.6 Å². The number of nitrogens with one attached hydrogen (secondary N) is 1. The number of aromatic nitrogens is 2. The molecule has 0 saturated carbocycles. The first-order chi connectivity index (χ1) is 8.75. The quantitative estimate of drug-likeness (QED) is 0.846. The van der Waals surface area contributed by atoms with Crippen LogP contribution < -0.4 is 5.32 Å². The van der Waals surface area contributed by atoms with Crippen LogP contribution in [0.3, 0.4) is 0 Å². The number of rotatable bonds is 2. The minimum Gasteiger partial charge on any atom is -0.365 e. The van der Waals surface area contributed by atoms with Crippen LogP contribution in [0.2, 0.25) is 5.15 Å². The SMILES string of the molecule is Clc1ncnc(NC2CCN3CCCCC23)c1Br. The lowest BCUT2D eigenvalue weighted by Crippen LogP contribution is -2.41. The first-order valence-electron chi connectivity index (χ1n) is 6.42. The number of piperidine rings is 1. The molecule has 1 aromatic heterocycles. The van der Waals surface area contributed by atoms with Gasteiger partial charge in [0.05, 0.1) is 4.47 Å². The van der Waals surface area contributed by atoms with Crippen molar-refractivity contribution in [2.75, 3.05) is 18.4 Å². The highest BCUT2D eigenvalue weighted by Gasteiger charge is 2.35. The van der Waals surface area contributed by atoms with Crippen molar-refractivity contribution in [3.63, 3.8) is 0 Å². The van der Waals surface area contributed by atoms with Gasteiger partial charge < -0.3 is 5.32 Å². The molecular weight excluding hydrogens is 316 g/mol. The summed E-state index contributed by atoms with van der Waals surface area (Å²) in [5.41, 5.74) is 0. The van der Waals surface area contributed by atoms with Gasteiger partial charge in [0, 0.05) is 18.6 Å². The van der Waals surface area contributed by atoms with E-state index in [1.165, 1.54) is 45.1 Å². The molecule has 18 heavy (non-hydrogen) atoms. The lowest BCUT2D eigenvalue weighted by molar-refractivity contribution is 0.192. The number of hydrogen-bond donors (Lipinski definition) is 1. The second kappa shape index (κ2) is 5.31. The van der Waals surface area contributed by atoms with E-state index in [-0.39, 0.29) is 0 Å². The topological polar surface area (TPSA) is 41.1 Å². The molecule has 4 nitrogen and oxygen atoms in total. The predicted molar refractivity (Wildman–Crippen MR) is 76.0 cm³/mol. The number of nitrogens with zero attached hydrogens (tertiary/aromatic N) is 3. The van der Waals surface area contributed by atoms with Gasteiger partial charge in [0.2, 0.25) is 0 Å². The molecule has 0 spiro atoms. The van der Waals surface area contributed by atoms with E-state index in [1.807, 2.05) is 0 Å². The van der Waals surface area contributed by atoms with E-state index in [9.17, 15) is 0 Å². The Balaban J connectivity index is 1.74. The van der Waals surface area contributed by atoms with Crippen molar-refractivity contribution >= 4 is 33.3 Å². The summed E-state index contributed by atoms with van der Waals surface area (Å²) in [7, 11) is 0. The molecule has 3 rings (SSSR count). The summed E-state index contributed by atoms with van der Waals surface area (Å²) in [5, 5.41) is 3.99. The molecule has 0 amide bonds. The number of anilines is 1. The molecule has 2 atom stereocenters. The molecule has 1 N–H and O–H groups in total. The number of hydrogen-bond acceptors (Lipinski definition) is 4. The fraction of sp³-hybridized carbons (Fsp3) is 0.667. The van der Waals surface area contributed by atoms with Crippen molar-refractivity contribution in [1.29, 1.82) is 0 Å². The van der Waals surface area contributed by atoms with Crippen LogP contribution in [-0.2, 0) is 0 Å². The first-order valence-corrected chi connectivity index (χ1v) is 7.59. The van der Waals surface area contributed by atoms with Crippen LogP contribution in [-0.4, -0.2) is 40.0 Å². The Hall–Kier alpha value is -0.390. The molecular formula is C12H16BrClN4. The molecule has 2 fully saturated rings. The minimum absolute atomic E-state index is 0.464. The second-order valence-electron chi connectivity index (χ2n) is 4.97. The average molecular weight is 332 g/mol. The fourth-order valence-corrected chi connectivity index (χ4v) is 3.49. The zero-order valence-corrected chi connectivity index (χ0v) is 12.4. The Kier molecular flexibility index (Phi) is 3.73. The van der Waals surface area contributed by atoms with Gasteiger partial charge in [0.25, 0.3) is 0 Å². The molecule has 98 valence electrons. The summed E-state index contributed by atoms with van der Waals surface area (Å²) >= 11 is 9.43. The van der Waals surface area contributed by atoms with E-state index in [0.717, 1.165) is 10.3 Å². The maximum absolute atomic E-state index is 5.99. The van der Waals surface area contributed by atoms with Crippen molar-refractivity contribution < 1.29 is 0 Å². The van der Waals surface area contributed by atoms with Gasteiger partial charge >= 0.3 is 0 Å². The predicted octanol–water partition coefficient (Wildman–Crippen LogP) is 2.93. The zero-order valence-electron chi connectivity index (χ0n) is 10.1. The number of fused-ring (bicyclic) bond motifs is 1. The summed E-state index contributed by atoms with van der Waals surface area (Å²) in [6, 6.07) is 1.13. The standard InChI is InChI=1S/C12H16BrClN4/c13-10-11(14)15-7-16-12(10)17-8-4-6-18-5-2-1-3-9(8)18/h7-9H,1-6H2,(H,15,16,17). The highest BCUT2D eigenvalue weighted by Crippen LogP contribution is 2.32. The molecule has 2 aliphatic rings. The summed E-state index contributed by atoms with van der Waals surface area (Å²) in [5.74, 6) is 0.812. The third kappa shape index (κ3) is 2.36. The molecule has 3 heterocycles. The Bertz CT molecular complexity index is 442. The highest BCUT2D eigenvalue weighted by atomic mass is 79.9. The fourth-order valence-electron chi connectivity index (χ4n) is 3.04. The van der Waals surface area contributed by atoms with E-state index >= 15 is 0 Å². The van der Waals surface area contributed by atoms with Crippen LogP contribution in [0.15, 0.2) is 10.8 Å². The van der Waals surface area contributed by atoms with Crippen LogP contribution >= 0.6 is 27.5 Å². The zero-order chi connectivity index (χ0) is 12.5. The van der Waals surface area contributed by atoms with Crippen LogP contribution in [0.1, 0.15) is 25.7 Å². The highest BCUT2D eigenvalue weighted by molar-refractivity contribution is 9.10. The minimum atomic E-state index is 0.464. The molecule has 6 heteroatoms. The molecule has 0 radical (unpaired) electrons. The van der Waals surface area contributed by atoms with Crippen LogP contribution in [0.4, 0.5) is 5.82 Å². The third-order valence-corrected chi connectivity index (χ3v) is 5.19. The Morgan fingerprint density at radius 1 is 1.28 bits per heavy atom. The van der Waals surface area contributed by atoms with Crippen molar-refractivity contribution in [1.82, 2.24) is 14.9 Å². The van der Waals surface area contributed by atoms with Crippen molar-refractivity contribution in [2.24, 2.45) is 0 Å². The van der Waals surface area contributed by atoms with Crippen molar-refractivity contribution in [3.8, 4) is 0 Å². The van der Waals surface area contributed by atoms with E-state index in [2.05, 4.69) is 36.1 Å². The van der Waals surface area contributed by atoms with Gasteiger partial charge in [-0.1, -0.05) is 18.0 Å². The second-order valence-corrected chi connectivity index (χ2v) is 6.12. The largest absolute Gasteiger partial charge is 0.365 e. The Morgan fingerprint density at radius 3 is 3.06 bits per heavy atom. The lowest BCUT2D eigenvalue weighted by Gasteiger charge is -2.32. The van der Waals surface area contributed by atoms with Gasteiger partial charge in [-0.25, -0.2) is 9.97 Å². The monoisotopic (exact) mass is 330 g/mol. The average Bonchev–Trinajstić information content (AvgIpc) is 2.79. The summed E-state index contributed by atoms with van der Waals surface area (Å²) < 4.78 is 0.765. The molecule has 2 unspecified atom stereocenters. The molecule has 0 bridgehead atoms. The van der Waals surface area contributed by atoms with Crippen molar-refractivity contribution in [2.45, 2.75) is 37.8 Å². The number of halogens is 2. The van der Waals surface area contributed by atoms with Gasteiger partial charge in [0.1, 0.15) is 17.3 Å². The summed E-state index contributed by atoms with van der Waals surface area (Å²) in [4.78, 5) is 10.8. The van der Waals surface area contributed by atoms with E-state index in [0.29, 0.717) is 17.2 Å². The van der Waals surface area contributed by atoms with E-state index in [1.54, 1.807) is 0 Å². The molecule has 2 saturated heterocycles. The summed E-state index contributed by atoms with van der Waals surface area (Å²) in [6.45, 7) is 2.44. The maximum Gasteiger partial charge on any atom is 0.148 e. The molecule has 0 aromatic carbocycles. The van der Waals surface area contributed by atoms with Gasteiger partial charge in [-0.05, 0) is 41.7 Å². The van der Waals surface area contributed by atoms with Crippen LogP contribution in [0.25, 0.3) is 0 Å². The van der Waals surface area contributed by atoms with Gasteiger partial charge in [0.15, 0.2) is 0 Å². The third-order valence-electron chi connectivity index (χ3n) is 3.93. The molecule has 2 aliphatic heterocycles. The summed E-state index contributed by atoms with van der Waals surface area (Å²) in [6.07, 6.45) is 6.65. The van der Waals surface area contributed by atoms with Crippen LogP contribution in [0.5, 0.6) is 0 Å². The maximum atomic E-state index is 5.99. The van der Waals surface area contributed by atoms with Crippen LogP contribution in [0, 0.1) is 0 Å². The Morgan fingerprint density at radius 2 is 2.17 bits per heavy atom. The normalized spacial score (nSPS) is 28.1. The lowest BCUT2D eigenvalue weighted by atomic mass is 9.99.